The Hall–Kier alpha value is -1.80. The lowest BCUT2D eigenvalue weighted by Gasteiger charge is -2.42. The summed E-state index contributed by atoms with van der Waals surface area (Å²) >= 11 is 1.67. The highest BCUT2D eigenvalue weighted by Crippen LogP contribution is 2.66. The molecule has 0 radical (unpaired) electrons. The van der Waals surface area contributed by atoms with Crippen molar-refractivity contribution in [1.82, 2.24) is 9.80 Å². The minimum atomic E-state index is -0.600. The van der Waals surface area contributed by atoms with E-state index in [-0.39, 0.29) is 36.2 Å². The average molecular weight is 507 g/mol. The molecule has 1 spiro atoms. The number of carbonyl (C=O) groups excluding carboxylic acids is 3. The summed E-state index contributed by atoms with van der Waals surface area (Å²) in [5, 5.41) is 9.09. The van der Waals surface area contributed by atoms with Crippen molar-refractivity contribution >= 4 is 29.5 Å². The maximum absolute atomic E-state index is 14.2. The highest BCUT2D eigenvalue weighted by molar-refractivity contribution is 8.02. The third-order valence-electron chi connectivity index (χ3n) is 7.57. The molecule has 8 heteroatoms. The minimum absolute atomic E-state index is 0.00433. The molecule has 3 rings (SSSR count). The Morgan fingerprint density at radius 3 is 2.57 bits per heavy atom. The van der Waals surface area contributed by atoms with Gasteiger partial charge >= 0.3 is 5.97 Å². The first-order chi connectivity index (χ1) is 16.6. The molecule has 7 nitrogen and oxygen atoms in total. The van der Waals surface area contributed by atoms with Gasteiger partial charge in [0.05, 0.1) is 23.2 Å². The van der Waals surface area contributed by atoms with Gasteiger partial charge in [0, 0.05) is 30.5 Å². The molecule has 3 aliphatic rings. The summed E-state index contributed by atoms with van der Waals surface area (Å²) in [6.07, 6.45) is 8.82. The van der Waals surface area contributed by atoms with Crippen molar-refractivity contribution in [2.24, 2.45) is 11.8 Å². The molecule has 0 saturated carbocycles. The molecule has 0 aromatic heterocycles. The van der Waals surface area contributed by atoms with E-state index in [0.29, 0.717) is 19.5 Å². The van der Waals surface area contributed by atoms with Crippen molar-refractivity contribution in [2.45, 2.75) is 87.3 Å². The van der Waals surface area contributed by atoms with Gasteiger partial charge in [0.25, 0.3) is 0 Å². The first-order valence-electron chi connectivity index (χ1n) is 12.9. The Labute approximate surface area is 214 Å². The summed E-state index contributed by atoms with van der Waals surface area (Å²) in [5.74, 6) is -1.50. The van der Waals surface area contributed by atoms with E-state index in [0.717, 1.165) is 38.5 Å². The van der Waals surface area contributed by atoms with E-state index in [1.165, 1.54) is 0 Å². The molecule has 3 heterocycles. The molecule has 1 N–H and O–H groups in total. The average Bonchev–Trinajstić information content (AvgIpc) is 3.44. The summed E-state index contributed by atoms with van der Waals surface area (Å²) in [4.78, 5) is 44.9. The van der Waals surface area contributed by atoms with Gasteiger partial charge < -0.3 is 19.6 Å². The van der Waals surface area contributed by atoms with Gasteiger partial charge in [0.1, 0.15) is 6.04 Å². The molecule has 3 saturated heterocycles. The third-order valence-corrected chi connectivity index (χ3v) is 9.52. The molecule has 2 amide bonds. The molecule has 3 aliphatic heterocycles. The molecule has 35 heavy (non-hydrogen) atoms. The standard InChI is InChI=1S/C27H42N2O5S/c1-6-8-18-34-25(33)20-19-13-14-27(35-19)21(20)23(31)28(16-11-9-10-12-17-30)22(27)24(32)29(15-7-2)26(3,4)5/h6-7,19-22,30H,1-2,8-18H2,3-5H3/t19-,20+,21+,22?,27?/m1/s1. The van der Waals surface area contributed by atoms with Crippen LogP contribution < -0.4 is 0 Å². The van der Waals surface area contributed by atoms with Crippen molar-refractivity contribution in [3.63, 3.8) is 0 Å². The molecule has 3 fully saturated rings. The number of esters is 1. The van der Waals surface area contributed by atoms with Gasteiger partial charge in [-0.2, -0.15) is 0 Å². The zero-order valence-electron chi connectivity index (χ0n) is 21.5. The van der Waals surface area contributed by atoms with E-state index in [1.54, 1.807) is 28.8 Å². The summed E-state index contributed by atoms with van der Waals surface area (Å²) in [6.45, 7) is 14.8. The topological polar surface area (TPSA) is 87.1 Å². The second kappa shape index (κ2) is 11.5. The van der Waals surface area contributed by atoms with Crippen LogP contribution in [0, 0.1) is 11.8 Å². The van der Waals surface area contributed by atoms with Crippen LogP contribution in [-0.4, -0.2) is 80.6 Å². The van der Waals surface area contributed by atoms with Gasteiger partial charge in [-0.15, -0.1) is 24.9 Å². The van der Waals surface area contributed by atoms with E-state index in [1.807, 2.05) is 25.7 Å². The summed E-state index contributed by atoms with van der Waals surface area (Å²) < 4.78 is 4.94. The number of unbranched alkanes of at least 4 members (excludes halogenated alkanes) is 3. The van der Waals surface area contributed by atoms with Crippen molar-refractivity contribution in [2.75, 3.05) is 26.3 Å². The molecular weight excluding hydrogens is 464 g/mol. The monoisotopic (exact) mass is 506 g/mol. The van der Waals surface area contributed by atoms with Crippen molar-refractivity contribution in [3.05, 3.63) is 25.3 Å². The van der Waals surface area contributed by atoms with Crippen LogP contribution in [-0.2, 0) is 19.1 Å². The SMILES string of the molecule is C=CCCOC(=O)[C@@H]1[C@H]2C(=O)N(CCCCCCO)C(C(=O)N(CC=C)C(C)(C)C)C23CC[C@H]1S3. The number of rotatable bonds is 13. The smallest absolute Gasteiger partial charge is 0.310 e. The van der Waals surface area contributed by atoms with Gasteiger partial charge in [-0.1, -0.05) is 25.0 Å². The number of amides is 2. The summed E-state index contributed by atoms with van der Waals surface area (Å²) in [7, 11) is 0. The summed E-state index contributed by atoms with van der Waals surface area (Å²) in [5.41, 5.74) is -0.430. The Morgan fingerprint density at radius 2 is 1.94 bits per heavy atom. The number of carbonyl (C=O) groups is 3. The number of aliphatic hydroxyl groups is 1. The molecular formula is C27H42N2O5S. The van der Waals surface area contributed by atoms with E-state index in [9.17, 15) is 14.4 Å². The maximum Gasteiger partial charge on any atom is 0.310 e. The second-order valence-electron chi connectivity index (χ2n) is 10.9. The largest absolute Gasteiger partial charge is 0.465 e. The fourth-order valence-corrected chi connectivity index (χ4v) is 8.20. The first kappa shape index (κ1) is 27.8. The number of aliphatic hydroxyl groups excluding tert-OH is 1. The van der Waals surface area contributed by atoms with Crippen molar-refractivity contribution < 1.29 is 24.2 Å². The van der Waals surface area contributed by atoms with Crippen LogP contribution in [0.2, 0.25) is 0 Å². The molecule has 196 valence electrons. The van der Waals surface area contributed by atoms with Gasteiger partial charge in [-0.3, -0.25) is 14.4 Å². The molecule has 5 atom stereocenters. The maximum atomic E-state index is 14.2. The zero-order valence-corrected chi connectivity index (χ0v) is 22.4. The van der Waals surface area contributed by atoms with Crippen LogP contribution in [0.25, 0.3) is 0 Å². The number of fused-ring (bicyclic) bond motifs is 1. The van der Waals surface area contributed by atoms with E-state index in [2.05, 4.69) is 13.2 Å². The highest BCUT2D eigenvalue weighted by atomic mass is 32.2. The number of likely N-dealkylation sites (tertiary alicyclic amines) is 1. The molecule has 2 bridgehead atoms. The second-order valence-corrected chi connectivity index (χ2v) is 12.5. The van der Waals surface area contributed by atoms with Gasteiger partial charge in [-0.05, 0) is 52.9 Å². The summed E-state index contributed by atoms with van der Waals surface area (Å²) in [6, 6.07) is -0.599. The van der Waals surface area contributed by atoms with Crippen LogP contribution in [0.4, 0.5) is 0 Å². The van der Waals surface area contributed by atoms with Crippen molar-refractivity contribution in [1.29, 1.82) is 0 Å². The Morgan fingerprint density at radius 1 is 1.23 bits per heavy atom. The number of hydrogen-bond donors (Lipinski definition) is 1. The van der Waals surface area contributed by atoms with Crippen LogP contribution in [0.1, 0.15) is 65.7 Å². The fourth-order valence-electron chi connectivity index (χ4n) is 6.00. The van der Waals surface area contributed by atoms with E-state index < -0.39 is 28.2 Å². The number of nitrogens with zero attached hydrogens (tertiary/aromatic N) is 2. The predicted octanol–water partition coefficient (Wildman–Crippen LogP) is 3.56. The number of ether oxygens (including phenoxy) is 1. The normalized spacial score (nSPS) is 29.3. The lowest BCUT2D eigenvalue weighted by atomic mass is 9.71. The highest BCUT2D eigenvalue weighted by Gasteiger charge is 2.74. The third kappa shape index (κ3) is 5.33. The lowest BCUT2D eigenvalue weighted by molar-refractivity contribution is -0.154. The molecule has 0 aromatic carbocycles. The van der Waals surface area contributed by atoms with Crippen LogP contribution >= 0.6 is 11.8 Å². The van der Waals surface area contributed by atoms with E-state index >= 15 is 0 Å². The number of hydrogen-bond acceptors (Lipinski definition) is 6. The lowest BCUT2D eigenvalue weighted by Crippen LogP contribution is -2.58. The van der Waals surface area contributed by atoms with Gasteiger partial charge in [-0.25, -0.2) is 0 Å². The fraction of sp³-hybridized carbons (Fsp3) is 0.741. The van der Waals surface area contributed by atoms with Gasteiger partial charge in [0.2, 0.25) is 11.8 Å². The molecule has 0 aliphatic carbocycles. The Bertz CT molecular complexity index is 825. The molecule has 2 unspecified atom stereocenters. The van der Waals surface area contributed by atoms with Crippen LogP contribution in [0.5, 0.6) is 0 Å². The molecule has 0 aromatic rings. The van der Waals surface area contributed by atoms with E-state index in [4.69, 9.17) is 9.84 Å². The first-order valence-corrected chi connectivity index (χ1v) is 13.8. The Balaban J connectivity index is 1.93. The zero-order chi connectivity index (χ0) is 25.8. The van der Waals surface area contributed by atoms with Crippen LogP contribution in [0.3, 0.4) is 0 Å². The van der Waals surface area contributed by atoms with Gasteiger partial charge in [0.15, 0.2) is 0 Å². The number of thioether (sulfide) groups is 1. The minimum Gasteiger partial charge on any atom is -0.465 e. The Kier molecular flexibility index (Phi) is 9.13. The quantitative estimate of drug-likeness (QED) is 0.234. The van der Waals surface area contributed by atoms with Crippen molar-refractivity contribution in [3.8, 4) is 0 Å². The van der Waals surface area contributed by atoms with Crippen LogP contribution in [0.15, 0.2) is 25.3 Å². The predicted molar refractivity (Wildman–Crippen MR) is 139 cm³/mol.